The average Bonchev–Trinajstić information content (AvgIpc) is 1.81. The van der Waals surface area contributed by atoms with E-state index in [0.717, 1.165) is 17.4 Å². The van der Waals surface area contributed by atoms with E-state index in [1.54, 1.807) is 0 Å². The molecule has 0 aliphatic rings. The van der Waals surface area contributed by atoms with Crippen LogP contribution in [0.4, 0.5) is 0 Å². The molecule has 0 aromatic carbocycles. The molecule has 0 bridgehead atoms. The van der Waals surface area contributed by atoms with E-state index in [1.807, 2.05) is 0 Å². The summed E-state index contributed by atoms with van der Waals surface area (Å²) in [6.07, 6.45) is 0. The zero-order valence-corrected chi connectivity index (χ0v) is 3.96. The third kappa shape index (κ3) is 872. The van der Waals surface area contributed by atoms with Crippen LogP contribution in [0.1, 0.15) is 0 Å². The Morgan fingerprint density at radius 3 is 1.00 bits per heavy atom. The van der Waals surface area contributed by atoms with Gasteiger partial charge in [0.2, 0.25) is 0 Å². The van der Waals surface area contributed by atoms with Gasteiger partial charge in [-0.25, -0.2) is 0 Å². The van der Waals surface area contributed by atoms with Crippen LogP contribution in [0.3, 0.4) is 0 Å². The molecule has 37 valence electrons. The maximum absolute atomic E-state index is 8.19. The van der Waals surface area contributed by atoms with Gasteiger partial charge < -0.3 is 21.0 Å². The third-order valence-electron chi connectivity index (χ3n) is 0. The molecule has 0 amide bonds. The van der Waals surface area contributed by atoms with Gasteiger partial charge in [0, 0.05) is 0 Å². The molecule has 0 fully saturated rings. The summed E-state index contributed by atoms with van der Waals surface area (Å²) in [4.78, 5) is 0. The topological polar surface area (TPSA) is 104 Å². The Bertz CT molecular complexity index is 3.90. The fraction of sp³-hybridized carbons (Fsp3) is 0. The van der Waals surface area contributed by atoms with Gasteiger partial charge in [-0.2, -0.15) is 0 Å². The molecule has 0 aromatic rings. The molecule has 6 heavy (non-hydrogen) atoms. The van der Waals surface area contributed by atoms with Gasteiger partial charge in [-0.1, -0.05) is 0 Å². The summed E-state index contributed by atoms with van der Waals surface area (Å²) in [6.45, 7) is 0. The third-order valence-corrected chi connectivity index (χ3v) is 0. The molecule has 0 unspecified atom stereocenters. The number of hydrogen-bond donors (Lipinski definition) is 2. The number of rotatable bonds is 0. The molecule has 0 spiro atoms. The molecule has 0 aliphatic carbocycles. The summed E-state index contributed by atoms with van der Waals surface area (Å²) in [7, 11) is 0. The predicted molar refractivity (Wildman–Crippen MR) is 5.94 cm³/mol. The predicted octanol–water partition coefficient (Wildman–Crippen LogP) is -2.48. The van der Waals surface area contributed by atoms with E-state index in [4.69, 9.17) is 24.7 Å². The van der Waals surface area contributed by atoms with Crippen molar-refractivity contribution in [2.24, 2.45) is 0 Å². The second-order valence-electron chi connectivity index (χ2n) is 0. The van der Waals surface area contributed by atoms with Crippen molar-refractivity contribution in [3.63, 3.8) is 0 Å². The van der Waals surface area contributed by atoms with E-state index < -0.39 is 0 Å². The zero-order valence-electron chi connectivity index (χ0n) is 2.57. The van der Waals surface area contributed by atoms with Crippen LogP contribution in [0.5, 0.6) is 0 Å². The van der Waals surface area contributed by atoms with Crippen molar-refractivity contribution < 1.29 is 42.1 Å². The van der Waals surface area contributed by atoms with E-state index in [9.17, 15) is 0 Å². The second kappa shape index (κ2) is 1850. The zero-order chi connectivity index (χ0) is 6.00. The second-order valence-corrected chi connectivity index (χ2v) is 0. The van der Waals surface area contributed by atoms with E-state index in [-0.39, 0.29) is 0 Å². The molecule has 5 nitrogen and oxygen atoms in total. The minimum atomic E-state index is 1.06. The van der Waals surface area contributed by atoms with E-state index in [1.165, 1.54) is 0 Å². The SMILES string of the molecule is [O-]O.[O-]O.[O]=[V+2]. The first-order valence-corrected chi connectivity index (χ1v) is 1.12. The summed E-state index contributed by atoms with van der Waals surface area (Å²) in [5, 5.41) is 26.0. The fourth-order valence-electron chi connectivity index (χ4n) is 0. The first-order valence-electron chi connectivity index (χ1n) is 0.548. The van der Waals surface area contributed by atoms with Crippen LogP contribution in [-0.2, 0) is 21.0 Å². The van der Waals surface area contributed by atoms with E-state index in [2.05, 4.69) is 0 Å². The van der Waals surface area contributed by atoms with E-state index >= 15 is 0 Å². The Balaban J connectivity index is -0.0000000225. The fourth-order valence-corrected chi connectivity index (χ4v) is 0. The van der Waals surface area contributed by atoms with Gasteiger partial charge in [-0.3, -0.25) is 0 Å². The Kier molecular flexibility index (Phi) is 5040. The van der Waals surface area contributed by atoms with Gasteiger partial charge in [0.1, 0.15) is 0 Å². The van der Waals surface area contributed by atoms with Crippen LogP contribution in [0, 0.1) is 0 Å². The van der Waals surface area contributed by atoms with Crippen LogP contribution in [0.2, 0.25) is 0 Å². The summed E-state index contributed by atoms with van der Waals surface area (Å²) in [6, 6.07) is 0. The van der Waals surface area contributed by atoms with Crippen molar-refractivity contribution in [2.75, 3.05) is 0 Å². The van der Waals surface area contributed by atoms with Gasteiger partial charge in [0.25, 0.3) is 0 Å². The summed E-state index contributed by atoms with van der Waals surface area (Å²) in [5.41, 5.74) is 0. The normalized spacial score (nSPS) is 3.00. The molecule has 0 saturated heterocycles. The summed E-state index contributed by atoms with van der Waals surface area (Å²) >= 11 is 1.06. The van der Waals surface area contributed by atoms with Gasteiger partial charge in [0.15, 0.2) is 0 Å². The Morgan fingerprint density at radius 2 is 1.00 bits per heavy atom. The monoisotopic (exact) mass is 133 g/mol. The van der Waals surface area contributed by atoms with Crippen LogP contribution in [0.25, 0.3) is 0 Å². The molecular formula is H2O5V. The summed E-state index contributed by atoms with van der Waals surface area (Å²) < 4.78 is 8.19. The molecule has 0 saturated carbocycles. The quantitative estimate of drug-likeness (QED) is 0.281. The van der Waals surface area contributed by atoms with Crippen molar-refractivity contribution in [3.8, 4) is 0 Å². The maximum atomic E-state index is 8.19. The van der Waals surface area contributed by atoms with Crippen molar-refractivity contribution in [2.45, 2.75) is 0 Å². The molecule has 0 aliphatic heterocycles. The standard InChI is InChI=1S/2H2O2.O.V/c2*1-2;;/h2*1-2H;;/q;;;+2/p-2. The molecular weight excluding hydrogens is 131 g/mol. The average molecular weight is 133 g/mol. The van der Waals surface area contributed by atoms with Crippen molar-refractivity contribution in [1.82, 2.24) is 0 Å². The van der Waals surface area contributed by atoms with Gasteiger partial charge in [0.05, 0.1) is 0 Å². The van der Waals surface area contributed by atoms with Crippen molar-refractivity contribution in [1.29, 1.82) is 0 Å². The van der Waals surface area contributed by atoms with Crippen molar-refractivity contribution >= 4 is 0 Å². The van der Waals surface area contributed by atoms with Crippen LogP contribution >= 0.6 is 0 Å². The first-order chi connectivity index (χ1) is 3.00. The van der Waals surface area contributed by atoms with Crippen LogP contribution in [-0.4, -0.2) is 10.5 Å². The molecule has 0 rings (SSSR count). The van der Waals surface area contributed by atoms with E-state index in [0.29, 0.717) is 0 Å². The summed E-state index contributed by atoms with van der Waals surface area (Å²) in [5.74, 6) is 0. The molecule has 0 radical (unpaired) electrons. The van der Waals surface area contributed by atoms with Gasteiger partial charge >= 0.3 is 21.0 Å². The van der Waals surface area contributed by atoms with Gasteiger partial charge in [-0.05, 0) is 0 Å². The Labute approximate surface area is 42.9 Å². The molecule has 0 aromatic heterocycles. The Hall–Kier alpha value is 0.224. The molecule has 0 atom stereocenters. The van der Waals surface area contributed by atoms with Gasteiger partial charge in [-0.15, -0.1) is 0 Å². The molecule has 6 heteroatoms. The van der Waals surface area contributed by atoms with Crippen molar-refractivity contribution in [3.05, 3.63) is 0 Å². The molecule has 0 heterocycles. The van der Waals surface area contributed by atoms with Crippen LogP contribution < -0.4 is 10.5 Å². The first kappa shape index (κ1) is 16.3. The Morgan fingerprint density at radius 1 is 1.00 bits per heavy atom. The molecule has 2 N–H and O–H groups in total. The minimum absolute atomic E-state index is 1.06. The number of hydrogen-bond acceptors (Lipinski definition) is 5. The van der Waals surface area contributed by atoms with Crippen LogP contribution in [0.15, 0.2) is 0 Å².